The molecular weight excluding hydrogens is 480 g/mol. The molecule has 4 aromatic rings. The molecule has 10 heteroatoms. The first kappa shape index (κ1) is 25.1. The first-order chi connectivity index (χ1) is 17.5. The molecule has 0 saturated heterocycles. The Labute approximate surface area is 208 Å². The minimum atomic E-state index is -4.46. The number of tetrazole rings is 1. The number of ketones is 1. The topological polar surface area (TPSA) is 121 Å². The molecule has 9 nitrogen and oxygen atoms in total. The zero-order valence-electron chi connectivity index (χ0n) is 19.3. The highest BCUT2D eigenvalue weighted by Crippen LogP contribution is 2.27. The molecule has 0 aliphatic rings. The van der Waals surface area contributed by atoms with E-state index in [-0.39, 0.29) is 25.2 Å². The Kier molecular flexibility index (Phi) is 8.09. The number of hydrogen-bond acceptors (Lipinski definition) is 8. The van der Waals surface area contributed by atoms with E-state index in [4.69, 9.17) is 4.74 Å². The highest BCUT2D eigenvalue weighted by atomic mass is 32.2. The summed E-state index contributed by atoms with van der Waals surface area (Å²) in [5, 5.41) is 9.03. The summed E-state index contributed by atoms with van der Waals surface area (Å²) in [6.45, 7) is 0.0628. The first-order valence-electron chi connectivity index (χ1n) is 11.2. The van der Waals surface area contributed by atoms with Crippen LogP contribution in [0, 0.1) is 5.92 Å². The third-order valence-electron chi connectivity index (χ3n) is 5.62. The van der Waals surface area contributed by atoms with E-state index in [1.54, 1.807) is 48.5 Å². The predicted molar refractivity (Wildman–Crippen MR) is 131 cm³/mol. The summed E-state index contributed by atoms with van der Waals surface area (Å²) in [5.41, 5.74) is 1.49. The van der Waals surface area contributed by atoms with Gasteiger partial charge in [-0.1, -0.05) is 84.0 Å². The maximum atomic E-state index is 14.0. The fourth-order valence-electron chi connectivity index (χ4n) is 3.88. The molecule has 184 valence electrons. The second-order valence-electron chi connectivity index (χ2n) is 8.07. The molecule has 0 spiro atoms. The van der Waals surface area contributed by atoms with Crippen LogP contribution in [0.25, 0.3) is 5.69 Å². The van der Waals surface area contributed by atoms with Gasteiger partial charge >= 0.3 is 0 Å². The average molecular weight is 505 g/mol. The third kappa shape index (κ3) is 5.61. The minimum absolute atomic E-state index is 0.136. The van der Waals surface area contributed by atoms with Gasteiger partial charge < -0.3 is 9.53 Å². The van der Waals surface area contributed by atoms with Crippen LogP contribution >= 0.6 is 0 Å². The first-order valence-corrected chi connectivity index (χ1v) is 12.8. The Morgan fingerprint density at radius 1 is 0.917 bits per heavy atom. The van der Waals surface area contributed by atoms with Gasteiger partial charge in [-0.3, -0.25) is 4.79 Å². The predicted octanol–water partition coefficient (Wildman–Crippen LogP) is 3.11. The van der Waals surface area contributed by atoms with Crippen molar-refractivity contribution in [2.24, 2.45) is 5.92 Å². The smallest absolute Gasteiger partial charge is 0.273 e. The number of aromatic nitrogens is 4. The van der Waals surface area contributed by atoms with E-state index in [2.05, 4.69) is 15.5 Å². The summed E-state index contributed by atoms with van der Waals surface area (Å²) >= 11 is 0. The number of aldehydes is 1. The lowest BCUT2D eigenvalue weighted by Gasteiger charge is -2.24. The number of carbonyl (C=O) groups is 2. The van der Waals surface area contributed by atoms with E-state index in [1.807, 2.05) is 30.3 Å². The van der Waals surface area contributed by atoms with E-state index in [9.17, 15) is 18.0 Å². The van der Waals surface area contributed by atoms with E-state index in [0.717, 1.165) is 10.2 Å². The highest BCUT2D eigenvalue weighted by molar-refractivity contribution is 7.92. The van der Waals surface area contributed by atoms with Crippen molar-refractivity contribution in [3.63, 3.8) is 0 Å². The second kappa shape index (κ2) is 11.6. The molecular formula is C26H24N4O5S. The quantitative estimate of drug-likeness (QED) is 0.213. The monoisotopic (exact) mass is 504 g/mol. The molecule has 1 unspecified atom stereocenters. The fraction of sp³-hybridized carbons (Fsp3) is 0.192. The second-order valence-corrected chi connectivity index (χ2v) is 10.0. The van der Waals surface area contributed by atoms with Crippen LogP contribution in [0.3, 0.4) is 0 Å². The Balaban J connectivity index is 1.73. The molecule has 1 aromatic heterocycles. The van der Waals surface area contributed by atoms with Gasteiger partial charge in [-0.25, -0.2) is 8.42 Å². The Bertz CT molecular complexity index is 1390. The number of benzene rings is 3. The van der Waals surface area contributed by atoms with Crippen LogP contribution in [0.2, 0.25) is 0 Å². The summed E-state index contributed by atoms with van der Waals surface area (Å²) in [6.07, 6.45) is 0.391. The Morgan fingerprint density at radius 2 is 1.53 bits per heavy atom. The highest BCUT2D eigenvalue weighted by Gasteiger charge is 2.44. The lowest BCUT2D eigenvalue weighted by molar-refractivity contribution is -0.109. The zero-order chi connectivity index (χ0) is 25.4. The lowest BCUT2D eigenvalue weighted by Crippen LogP contribution is -2.41. The van der Waals surface area contributed by atoms with E-state index >= 15 is 0 Å². The molecule has 0 bridgehead atoms. The molecule has 1 heterocycles. The fourth-order valence-corrected chi connectivity index (χ4v) is 5.76. The van der Waals surface area contributed by atoms with Crippen LogP contribution < -0.4 is 0 Å². The van der Waals surface area contributed by atoms with Crippen molar-refractivity contribution in [2.75, 3.05) is 6.61 Å². The van der Waals surface area contributed by atoms with Crippen molar-refractivity contribution in [2.45, 2.75) is 23.4 Å². The number of hydrogen-bond donors (Lipinski definition) is 0. The Morgan fingerprint density at radius 3 is 2.17 bits per heavy atom. The zero-order valence-corrected chi connectivity index (χ0v) is 20.1. The van der Waals surface area contributed by atoms with Gasteiger partial charge in [0.2, 0.25) is 9.84 Å². The van der Waals surface area contributed by atoms with Gasteiger partial charge in [-0.15, -0.1) is 0 Å². The molecule has 0 N–H and O–H groups in total. The van der Waals surface area contributed by atoms with E-state index in [1.165, 1.54) is 12.1 Å². The molecule has 0 fully saturated rings. The number of nitrogens with zero attached hydrogens (tertiary/aromatic N) is 4. The van der Waals surface area contributed by atoms with Crippen molar-refractivity contribution >= 4 is 21.9 Å². The van der Waals surface area contributed by atoms with Crippen molar-refractivity contribution in [1.29, 1.82) is 0 Å². The summed E-state index contributed by atoms with van der Waals surface area (Å²) in [6, 6.07) is 25.9. The summed E-state index contributed by atoms with van der Waals surface area (Å²) < 4.78 is 34.9. The molecule has 0 amide bonds. The maximum absolute atomic E-state index is 14.0. The van der Waals surface area contributed by atoms with Crippen LogP contribution in [0.4, 0.5) is 0 Å². The largest absolute Gasteiger partial charge is 0.376 e. The van der Waals surface area contributed by atoms with Crippen molar-refractivity contribution in [3.8, 4) is 5.69 Å². The van der Waals surface area contributed by atoms with Gasteiger partial charge in [0, 0.05) is 17.9 Å². The van der Waals surface area contributed by atoms with Crippen LogP contribution in [-0.2, 0) is 26.0 Å². The molecule has 0 aliphatic carbocycles. The number of Topliss-reactive ketones (excluding diaryl/α,β-unsaturated/α-hetero) is 1. The maximum Gasteiger partial charge on any atom is 0.273 e. The Hall–Kier alpha value is -4.02. The lowest BCUT2D eigenvalue weighted by atomic mass is 9.96. The normalized spacial score (nSPS) is 13.1. The number of ether oxygens (including phenoxy) is 1. The molecule has 36 heavy (non-hydrogen) atoms. The van der Waals surface area contributed by atoms with Gasteiger partial charge in [-0.2, -0.15) is 4.68 Å². The van der Waals surface area contributed by atoms with E-state index in [0.29, 0.717) is 12.0 Å². The molecule has 2 atom stereocenters. The van der Waals surface area contributed by atoms with Crippen LogP contribution in [0.1, 0.15) is 22.3 Å². The van der Waals surface area contributed by atoms with Crippen LogP contribution in [-0.4, -0.2) is 52.6 Å². The van der Waals surface area contributed by atoms with Gasteiger partial charge in [0.25, 0.3) is 5.16 Å². The molecule has 0 aliphatic heterocycles. The van der Waals surface area contributed by atoms with Crippen molar-refractivity contribution < 1.29 is 22.7 Å². The third-order valence-corrected chi connectivity index (χ3v) is 7.65. The number of rotatable bonds is 12. The molecule has 0 radical (unpaired) electrons. The molecule has 3 aromatic carbocycles. The molecule has 0 saturated carbocycles. The average Bonchev–Trinajstić information content (AvgIpc) is 3.42. The number of carbonyl (C=O) groups excluding carboxylic acids is 2. The summed E-state index contributed by atoms with van der Waals surface area (Å²) in [7, 11) is -4.46. The van der Waals surface area contributed by atoms with Gasteiger partial charge in [0.05, 0.1) is 18.9 Å². The SMILES string of the molecule is O=CCC(COCc1ccccc1)[C@@H](C(=O)c1ccccc1)S(=O)(=O)c1nnnn1-c1ccccc1. The van der Waals surface area contributed by atoms with Gasteiger partial charge in [0.1, 0.15) is 11.5 Å². The molecule has 4 rings (SSSR count). The van der Waals surface area contributed by atoms with Gasteiger partial charge in [0.15, 0.2) is 5.78 Å². The van der Waals surface area contributed by atoms with Crippen LogP contribution in [0.5, 0.6) is 0 Å². The van der Waals surface area contributed by atoms with Crippen LogP contribution in [0.15, 0.2) is 96.2 Å². The number of para-hydroxylation sites is 1. The van der Waals surface area contributed by atoms with Gasteiger partial charge in [-0.05, 0) is 28.1 Å². The standard InChI is InChI=1S/C26H24N4O5S/c31-17-16-22(19-35-18-20-10-4-1-5-11-20)25(24(32)21-12-6-2-7-13-21)36(33,34)26-27-28-29-30(26)23-14-8-3-9-15-23/h1-15,17,22,25H,16,18-19H2/t22?,25-/m0/s1. The minimum Gasteiger partial charge on any atom is -0.376 e. The number of sulfone groups is 1. The van der Waals surface area contributed by atoms with E-state index < -0.39 is 31.9 Å². The van der Waals surface area contributed by atoms with Crippen molar-refractivity contribution in [3.05, 3.63) is 102 Å². The van der Waals surface area contributed by atoms with Crippen molar-refractivity contribution in [1.82, 2.24) is 20.2 Å². The summed E-state index contributed by atoms with van der Waals surface area (Å²) in [5.74, 6) is -1.63. The summed E-state index contributed by atoms with van der Waals surface area (Å²) in [4.78, 5) is 25.3.